The van der Waals surface area contributed by atoms with Crippen LogP contribution in [0, 0.1) is 5.92 Å². The highest BCUT2D eigenvalue weighted by molar-refractivity contribution is 7.92. The SMILES string of the molecule is CCOc1cc(NC(=O)[C@@H](O)C(C)C)ccc1S(=O)(=O)Nc1ccc(C2CC2)c(OC(C)(F)P)c1. The van der Waals surface area contributed by atoms with Crippen LogP contribution in [0.3, 0.4) is 0 Å². The first-order valence-electron chi connectivity index (χ1n) is 11.4. The standard InChI is InChI=1S/C24H32FN2O6PS/c1-5-32-20-12-16(26-23(29)22(28)14(2)3)9-11-21(20)35(30,31)27-17-8-10-18(15-6-7-15)19(13-17)33-24(4,25)34/h8-15,22,27-28H,5-7,34H2,1-4H3,(H,26,29)/t22-,24?/m0/s1. The summed E-state index contributed by atoms with van der Waals surface area (Å²) in [5.74, 6) is -0.311. The van der Waals surface area contributed by atoms with Gasteiger partial charge >= 0.3 is 0 Å². The van der Waals surface area contributed by atoms with Crippen LogP contribution < -0.4 is 19.5 Å². The van der Waals surface area contributed by atoms with Crippen molar-refractivity contribution in [3.05, 3.63) is 42.0 Å². The number of sulfonamides is 1. The molecule has 0 aromatic heterocycles. The van der Waals surface area contributed by atoms with Crippen molar-refractivity contribution in [3.63, 3.8) is 0 Å². The average molecular weight is 527 g/mol. The van der Waals surface area contributed by atoms with Gasteiger partial charge in [-0.2, -0.15) is 4.39 Å². The van der Waals surface area contributed by atoms with E-state index < -0.39 is 27.6 Å². The van der Waals surface area contributed by atoms with Gasteiger partial charge in [0.05, 0.1) is 12.3 Å². The molecule has 2 aromatic carbocycles. The lowest BCUT2D eigenvalue weighted by atomic mass is 10.1. The van der Waals surface area contributed by atoms with Gasteiger partial charge in [0.2, 0.25) is 0 Å². The highest BCUT2D eigenvalue weighted by Gasteiger charge is 2.30. The van der Waals surface area contributed by atoms with E-state index in [1.54, 1.807) is 32.9 Å². The van der Waals surface area contributed by atoms with Crippen LogP contribution in [0.4, 0.5) is 15.8 Å². The van der Waals surface area contributed by atoms with Crippen LogP contribution in [0.15, 0.2) is 41.3 Å². The number of ether oxygens (including phenoxy) is 2. The minimum Gasteiger partial charge on any atom is -0.492 e. The van der Waals surface area contributed by atoms with Crippen LogP contribution in [0.5, 0.6) is 11.5 Å². The minimum absolute atomic E-state index is 0.0317. The van der Waals surface area contributed by atoms with Crippen LogP contribution in [-0.4, -0.2) is 37.7 Å². The molecule has 35 heavy (non-hydrogen) atoms. The average Bonchev–Trinajstić information content (AvgIpc) is 3.57. The summed E-state index contributed by atoms with van der Waals surface area (Å²) in [5.41, 5.74) is -0.687. The number of carbonyl (C=O) groups is 1. The van der Waals surface area contributed by atoms with Gasteiger partial charge in [-0.1, -0.05) is 29.2 Å². The predicted octanol–water partition coefficient (Wildman–Crippen LogP) is 4.62. The molecule has 1 saturated carbocycles. The molecule has 0 bridgehead atoms. The third-order valence-corrected chi connectivity index (χ3v) is 6.83. The molecule has 8 nitrogen and oxygen atoms in total. The van der Waals surface area contributed by atoms with Crippen LogP contribution in [0.25, 0.3) is 0 Å². The zero-order chi connectivity index (χ0) is 26.0. The maximum atomic E-state index is 14.2. The van der Waals surface area contributed by atoms with Gasteiger partial charge in [-0.05, 0) is 55.4 Å². The van der Waals surface area contributed by atoms with Gasteiger partial charge in [0.15, 0.2) is 0 Å². The van der Waals surface area contributed by atoms with E-state index in [2.05, 4.69) is 10.0 Å². The molecule has 2 unspecified atom stereocenters. The van der Waals surface area contributed by atoms with Gasteiger partial charge in [0.1, 0.15) is 22.5 Å². The van der Waals surface area contributed by atoms with E-state index in [0.29, 0.717) is 0 Å². The number of anilines is 2. The number of aliphatic hydroxyl groups excluding tert-OH is 1. The first-order chi connectivity index (χ1) is 16.3. The van der Waals surface area contributed by atoms with Crippen molar-refractivity contribution in [1.29, 1.82) is 0 Å². The molecule has 11 heteroatoms. The van der Waals surface area contributed by atoms with E-state index >= 15 is 0 Å². The van der Waals surface area contributed by atoms with Crippen LogP contribution in [-0.2, 0) is 14.8 Å². The summed E-state index contributed by atoms with van der Waals surface area (Å²) in [6.07, 6.45) is 0.727. The Morgan fingerprint density at radius 2 is 1.83 bits per heavy atom. The van der Waals surface area contributed by atoms with E-state index in [1.807, 2.05) is 9.24 Å². The summed E-state index contributed by atoms with van der Waals surface area (Å²) in [7, 11) is -2.14. The molecular formula is C24H32FN2O6PS. The topological polar surface area (TPSA) is 114 Å². The van der Waals surface area contributed by atoms with E-state index in [1.165, 1.54) is 31.2 Å². The molecule has 3 atom stereocenters. The second-order valence-corrected chi connectivity index (χ2v) is 11.7. The lowest BCUT2D eigenvalue weighted by Gasteiger charge is -2.21. The number of alkyl halides is 1. The second-order valence-electron chi connectivity index (χ2n) is 8.99. The lowest BCUT2D eigenvalue weighted by molar-refractivity contribution is -0.125. The zero-order valence-corrected chi connectivity index (χ0v) is 22.1. The Hall–Kier alpha value is -2.42. The maximum Gasteiger partial charge on any atom is 0.265 e. The van der Waals surface area contributed by atoms with E-state index in [0.717, 1.165) is 18.4 Å². The number of amides is 1. The van der Waals surface area contributed by atoms with Crippen molar-refractivity contribution >= 4 is 36.5 Å². The summed E-state index contributed by atoms with van der Waals surface area (Å²) in [6.45, 7) is 6.55. The first-order valence-corrected chi connectivity index (χ1v) is 13.5. The molecule has 3 N–H and O–H groups in total. The van der Waals surface area contributed by atoms with E-state index in [9.17, 15) is 22.7 Å². The monoisotopic (exact) mass is 526 g/mol. The predicted molar refractivity (Wildman–Crippen MR) is 136 cm³/mol. The molecule has 0 spiro atoms. The largest absolute Gasteiger partial charge is 0.492 e. The number of hydrogen-bond donors (Lipinski definition) is 3. The summed E-state index contributed by atoms with van der Waals surface area (Å²) in [5, 5.41) is 12.5. The van der Waals surface area contributed by atoms with Crippen molar-refractivity contribution in [1.82, 2.24) is 0 Å². The van der Waals surface area contributed by atoms with E-state index in [4.69, 9.17) is 9.47 Å². The Morgan fingerprint density at radius 1 is 1.20 bits per heavy atom. The number of carbonyl (C=O) groups excluding carboxylic acids is 1. The Bertz CT molecular complexity index is 1180. The number of benzene rings is 2. The van der Waals surface area contributed by atoms with Crippen molar-refractivity contribution in [2.24, 2.45) is 5.92 Å². The molecule has 0 heterocycles. The van der Waals surface area contributed by atoms with Crippen LogP contribution >= 0.6 is 9.24 Å². The van der Waals surface area contributed by atoms with Crippen LogP contribution in [0.1, 0.15) is 52.0 Å². The highest BCUT2D eigenvalue weighted by Crippen LogP contribution is 2.46. The zero-order valence-electron chi connectivity index (χ0n) is 20.2. The molecule has 0 radical (unpaired) electrons. The molecule has 0 aliphatic heterocycles. The first kappa shape index (κ1) is 27.2. The minimum atomic E-state index is -4.11. The quantitative estimate of drug-likeness (QED) is 0.369. The maximum absolute atomic E-state index is 14.2. The van der Waals surface area contributed by atoms with Crippen molar-refractivity contribution < 1.29 is 32.2 Å². The van der Waals surface area contributed by atoms with Crippen molar-refractivity contribution in [2.75, 3.05) is 16.6 Å². The Morgan fingerprint density at radius 3 is 2.40 bits per heavy atom. The fraction of sp³-hybridized carbons (Fsp3) is 0.458. The third kappa shape index (κ3) is 7.29. The van der Waals surface area contributed by atoms with Crippen molar-refractivity contribution in [2.45, 2.75) is 63.0 Å². The summed E-state index contributed by atoms with van der Waals surface area (Å²) >= 11 is 0. The van der Waals surface area contributed by atoms with Gasteiger partial charge in [0.25, 0.3) is 21.5 Å². The molecule has 1 aliphatic carbocycles. The number of hydrogen-bond acceptors (Lipinski definition) is 6. The number of aliphatic hydroxyl groups is 1. The third-order valence-electron chi connectivity index (χ3n) is 5.29. The van der Waals surface area contributed by atoms with Gasteiger partial charge in [-0.15, -0.1) is 0 Å². The summed E-state index contributed by atoms with van der Waals surface area (Å²) in [4.78, 5) is 12.0. The number of halogens is 1. The molecule has 1 aliphatic rings. The smallest absolute Gasteiger partial charge is 0.265 e. The fourth-order valence-corrected chi connectivity index (χ4v) is 4.74. The lowest BCUT2D eigenvalue weighted by Crippen LogP contribution is -2.31. The molecular weight excluding hydrogens is 494 g/mol. The van der Waals surface area contributed by atoms with Gasteiger partial charge < -0.3 is 19.9 Å². The fourth-order valence-electron chi connectivity index (χ4n) is 3.44. The van der Waals surface area contributed by atoms with Gasteiger partial charge in [-0.3, -0.25) is 9.52 Å². The highest BCUT2D eigenvalue weighted by atomic mass is 32.2. The Balaban J connectivity index is 1.88. The normalized spacial score (nSPS) is 16.3. The molecule has 2 aromatic rings. The Labute approximate surface area is 207 Å². The number of rotatable bonds is 11. The summed E-state index contributed by atoms with van der Waals surface area (Å²) in [6, 6.07) is 8.92. The number of nitrogens with one attached hydrogen (secondary N) is 2. The van der Waals surface area contributed by atoms with E-state index in [-0.39, 0.29) is 46.2 Å². The van der Waals surface area contributed by atoms with Gasteiger partial charge in [0, 0.05) is 24.7 Å². The molecule has 0 saturated heterocycles. The molecule has 3 rings (SSSR count). The molecule has 1 amide bonds. The second kappa shape index (κ2) is 10.7. The Kier molecular flexibility index (Phi) is 8.29. The van der Waals surface area contributed by atoms with Crippen LogP contribution in [0.2, 0.25) is 0 Å². The van der Waals surface area contributed by atoms with Crippen molar-refractivity contribution in [3.8, 4) is 11.5 Å². The molecule has 192 valence electrons. The summed E-state index contributed by atoms with van der Waals surface area (Å²) < 4.78 is 54.1. The van der Waals surface area contributed by atoms with Gasteiger partial charge in [-0.25, -0.2) is 8.42 Å². The molecule has 1 fully saturated rings.